The molecule has 1 unspecified atom stereocenters. The van der Waals surface area contributed by atoms with Gasteiger partial charge in [0.15, 0.2) is 0 Å². The zero-order valence-electron chi connectivity index (χ0n) is 11.6. The van der Waals surface area contributed by atoms with Crippen molar-refractivity contribution in [2.24, 2.45) is 0 Å². The number of nitrogens with one attached hydrogen (secondary N) is 1. The van der Waals surface area contributed by atoms with Gasteiger partial charge in [-0.2, -0.15) is 13.2 Å². The summed E-state index contributed by atoms with van der Waals surface area (Å²) >= 11 is 0. The Morgan fingerprint density at radius 3 is 2.24 bits per heavy atom. The Kier molecular flexibility index (Phi) is 7.04. The lowest BCUT2D eigenvalue weighted by Crippen LogP contribution is -2.29. The van der Waals surface area contributed by atoms with E-state index in [1.807, 2.05) is 0 Å². The van der Waals surface area contributed by atoms with E-state index in [0.29, 0.717) is 12.8 Å². The highest BCUT2D eigenvalue weighted by atomic mass is 19.4. The van der Waals surface area contributed by atoms with Gasteiger partial charge in [-0.25, -0.2) is 8.78 Å². The van der Waals surface area contributed by atoms with E-state index in [2.05, 4.69) is 5.32 Å². The standard InChI is InChI=1S/C14H18F5NO/c1-20-12(6-7-21-9-13(15)16)8-10-2-4-11(5-3-10)14(17,18)19/h2-5,12-13,20H,6-9H2,1H3. The van der Waals surface area contributed by atoms with Gasteiger partial charge in [0.1, 0.15) is 6.61 Å². The molecule has 0 saturated heterocycles. The van der Waals surface area contributed by atoms with Crippen LogP contribution in [0.4, 0.5) is 22.0 Å². The predicted octanol–water partition coefficient (Wildman–Crippen LogP) is 3.51. The maximum Gasteiger partial charge on any atom is 0.416 e. The average molecular weight is 311 g/mol. The Morgan fingerprint density at radius 1 is 1.14 bits per heavy atom. The first-order valence-electron chi connectivity index (χ1n) is 6.52. The van der Waals surface area contributed by atoms with Gasteiger partial charge in [-0.1, -0.05) is 12.1 Å². The summed E-state index contributed by atoms with van der Waals surface area (Å²) in [5, 5.41) is 2.99. The molecule has 21 heavy (non-hydrogen) atoms. The monoisotopic (exact) mass is 311 g/mol. The number of likely N-dealkylation sites (N-methyl/N-ethyl adjacent to an activating group) is 1. The number of rotatable bonds is 8. The molecule has 1 N–H and O–H groups in total. The van der Waals surface area contributed by atoms with Gasteiger partial charge in [0.25, 0.3) is 6.43 Å². The van der Waals surface area contributed by atoms with Gasteiger partial charge in [0, 0.05) is 12.6 Å². The zero-order chi connectivity index (χ0) is 15.9. The first-order valence-corrected chi connectivity index (χ1v) is 6.52. The lowest BCUT2D eigenvalue weighted by atomic mass is 10.0. The Balaban J connectivity index is 2.46. The smallest absolute Gasteiger partial charge is 0.375 e. The summed E-state index contributed by atoms with van der Waals surface area (Å²) < 4.78 is 65.9. The summed E-state index contributed by atoms with van der Waals surface area (Å²) in [7, 11) is 1.71. The third-order valence-corrected chi connectivity index (χ3v) is 3.03. The SMILES string of the molecule is CNC(CCOCC(F)F)Cc1ccc(C(F)(F)F)cc1. The quantitative estimate of drug-likeness (QED) is 0.586. The highest BCUT2D eigenvalue weighted by Gasteiger charge is 2.29. The van der Waals surface area contributed by atoms with Crippen molar-refractivity contribution in [1.29, 1.82) is 0 Å². The summed E-state index contributed by atoms with van der Waals surface area (Å²) in [6.07, 6.45) is -5.83. The molecule has 0 aliphatic rings. The molecule has 0 aliphatic carbocycles. The number of benzene rings is 1. The van der Waals surface area contributed by atoms with E-state index in [1.54, 1.807) is 7.05 Å². The molecule has 0 spiro atoms. The summed E-state index contributed by atoms with van der Waals surface area (Å²) in [5.41, 5.74) is 0.0590. The van der Waals surface area contributed by atoms with Crippen molar-refractivity contribution in [2.45, 2.75) is 31.5 Å². The molecule has 1 rings (SSSR count). The van der Waals surface area contributed by atoms with E-state index >= 15 is 0 Å². The van der Waals surface area contributed by atoms with Crippen LogP contribution in [0.15, 0.2) is 24.3 Å². The predicted molar refractivity (Wildman–Crippen MR) is 69.4 cm³/mol. The van der Waals surface area contributed by atoms with Crippen molar-refractivity contribution in [3.63, 3.8) is 0 Å². The highest BCUT2D eigenvalue weighted by Crippen LogP contribution is 2.29. The number of hydrogen-bond donors (Lipinski definition) is 1. The van der Waals surface area contributed by atoms with Crippen LogP contribution in [0.25, 0.3) is 0 Å². The van der Waals surface area contributed by atoms with Crippen LogP contribution in [0.1, 0.15) is 17.5 Å². The van der Waals surface area contributed by atoms with Crippen LogP contribution in [0.5, 0.6) is 0 Å². The Morgan fingerprint density at radius 2 is 1.76 bits per heavy atom. The van der Waals surface area contributed by atoms with Gasteiger partial charge in [0.05, 0.1) is 5.56 Å². The molecule has 120 valence electrons. The summed E-state index contributed by atoms with van der Waals surface area (Å²) in [5.74, 6) is 0. The first kappa shape index (κ1) is 17.8. The zero-order valence-corrected chi connectivity index (χ0v) is 11.6. The van der Waals surface area contributed by atoms with Crippen molar-refractivity contribution in [1.82, 2.24) is 5.32 Å². The highest BCUT2D eigenvalue weighted by molar-refractivity contribution is 5.25. The van der Waals surface area contributed by atoms with Crippen molar-refractivity contribution in [3.05, 3.63) is 35.4 Å². The first-order chi connectivity index (χ1) is 9.82. The van der Waals surface area contributed by atoms with Crippen molar-refractivity contribution in [2.75, 3.05) is 20.3 Å². The molecule has 0 fully saturated rings. The molecule has 0 amide bonds. The third-order valence-electron chi connectivity index (χ3n) is 3.03. The number of halogens is 5. The van der Waals surface area contributed by atoms with Gasteiger partial charge >= 0.3 is 6.18 Å². The molecule has 0 aliphatic heterocycles. The molecule has 1 atom stereocenters. The second-order valence-corrected chi connectivity index (χ2v) is 4.64. The lowest BCUT2D eigenvalue weighted by Gasteiger charge is -2.16. The molecule has 0 saturated carbocycles. The molecule has 1 aromatic rings. The van der Waals surface area contributed by atoms with Gasteiger partial charge in [0.2, 0.25) is 0 Å². The molecule has 0 radical (unpaired) electrons. The Labute approximate surface area is 120 Å². The van der Waals surface area contributed by atoms with E-state index in [0.717, 1.165) is 17.7 Å². The van der Waals surface area contributed by atoms with E-state index in [4.69, 9.17) is 4.74 Å². The minimum atomic E-state index is -4.34. The molecule has 2 nitrogen and oxygen atoms in total. The Hall–Kier alpha value is -1.21. The minimum Gasteiger partial charge on any atom is -0.375 e. The van der Waals surface area contributed by atoms with Crippen molar-refractivity contribution >= 4 is 0 Å². The largest absolute Gasteiger partial charge is 0.416 e. The second-order valence-electron chi connectivity index (χ2n) is 4.64. The molecule has 0 aromatic heterocycles. The van der Waals surface area contributed by atoms with Gasteiger partial charge in [-0.15, -0.1) is 0 Å². The maximum absolute atomic E-state index is 12.4. The third kappa shape index (κ3) is 6.86. The molecule has 0 heterocycles. The summed E-state index contributed by atoms with van der Waals surface area (Å²) in [6.45, 7) is -0.423. The fourth-order valence-electron chi connectivity index (χ4n) is 1.86. The van der Waals surface area contributed by atoms with E-state index in [9.17, 15) is 22.0 Å². The van der Waals surface area contributed by atoms with Crippen LogP contribution in [-0.4, -0.2) is 32.7 Å². The fourth-order valence-corrected chi connectivity index (χ4v) is 1.86. The van der Waals surface area contributed by atoms with E-state index in [-0.39, 0.29) is 12.6 Å². The van der Waals surface area contributed by atoms with Crippen molar-refractivity contribution in [3.8, 4) is 0 Å². The van der Waals surface area contributed by atoms with Crippen LogP contribution in [0.3, 0.4) is 0 Å². The normalized spacial score (nSPS) is 13.7. The van der Waals surface area contributed by atoms with E-state index in [1.165, 1.54) is 12.1 Å². The summed E-state index contributed by atoms with van der Waals surface area (Å²) in [6, 6.07) is 4.88. The van der Waals surface area contributed by atoms with Gasteiger partial charge in [-0.05, 0) is 37.6 Å². The van der Waals surface area contributed by atoms with E-state index < -0.39 is 24.8 Å². The van der Waals surface area contributed by atoms with Crippen LogP contribution in [0, 0.1) is 0 Å². The lowest BCUT2D eigenvalue weighted by molar-refractivity contribution is -0.137. The van der Waals surface area contributed by atoms with Crippen LogP contribution in [0.2, 0.25) is 0 Å². The number of alkyl halides is 5. The number of ether oxygens (including phenoxy) is 1. The molecular weight excluding hydrogens is 293 g/mol. The number of hydrogen-bond acceptors (Lipinski definition) is 2. The average Bonchev–Trinajstić information content (AvgIpc) is 2.41. The Bertz CT molecular complexity index is 405. The van der Waals surface area contributed by atoms with Crippen LogP contribution >= 0.6 is 0 Å². The topological polar surface area (TPSA) is 21.3 Å². The van der Waals surface area contributed by atoms with Crippen molar-refractivity contribution < 1.29 is 26.7 Å². The van der Waals surface area contributed by atoms with Gasteiger partial charge in [-0.3, -0.25) is 0 Å². The maximum atomic E-state index is 12.4. The molecular formula is C14H18F5NO. The summed E-state index contributed by atoms with van der Waals surface area (Å²) in [4.78, 5) is 0. The molecule has 1 aromatic carbocycles. The van der Waals surface area contributed by atoms with Crippen LogP contribution in [-0.2, 0) is 17.3 Å². The van der Waals surface area contributed by atoms with Gasteiger partial charge < -0.3 is 10.1 Å². The molecule has 0 bridgehead atoms. The molecule has 7 heteroatoms. The van der Waals surface area contributed by atoms with Crippen LogP contribution < -0.4 is 5.32 Å². The fraction of sp³-hybridized carbons (Fsp3) is 0.571. The minimum absolute atomic E-state index is 0.0422. The second kappa shape index (κ2) is 8.29.